The Hall–Kier alpha value is -2.84. The molecule has 48 heavy (non-hydrogen) atoms. The summed E-state index contributed by atoms with van der Waals surface area (Å²) in [4.78, 5) is 0. The third-order valence-electron chi connectivity index (χ3n) is 8.72. The molecule has 0 amide bonds. The van der Waals surface area contributed by atoms with Gasteiger partial charge in [-0.05, 0) is 97.2 Å². The predicted octanol–water partition coefficient (Wildman–Crippen LogP) is 11.5. The molecule has 1 radical (unpaired) electrons. The maximum absolute atomic E-state index is 14.6. The standard InChI is InChI=1S/C24H29F2.C15H12F4O2.Y/c1-16-7-10-19(11-8-16)5-4-6-20-14-22(25)24(23(26)15-20)21-12-9-17(2)18(3)13-21;1-8-3-10(16)14(18)12(5-8)20-7-21-13-6-9(2)4-11(17)15(13)19;/h12-16,19H,4-8,10-11H2,1-3H3;3-6H,7H2,1-2H3;/q-1;;. The molecular formula is C39H41F6O2Y-. The predicted molar refractivity (Wildman–Crippen MR) is 172 cm³/mol. The zero-order valence-corrected chi connectivity index (χ0v) is 30.9. The fraction of sp³-hybridized carbons (Fsp3) is 0.385. The van der Waals surface area contributed by atoms with E-state index in [1.807, 2.05) is 19.9 Å². The van der Waals surface area contributed by atoms with E-state index in [2.05, 4.69) is 13.0 Å². The summed E-state index contributed by atoms with van der Waals surface area (Å²) in [5.74, 6) is -4.44. The second kappa shape index (κ2) is 18.2. The summed E-state index contributed by atoms with van der Waals surface area (Å²) in [5.41, 5.74) is 4.30. The van der Waals surface area contributed by atoms with Crippen LogP contribution in [0.4, 0.5) is 26.3 Å². The second-order valence-corrected chi connectivity index (χ2v) is 12.7. The summed E-state index contributed by atoms with van der Waals surface area (Å²) in [6, 6.07) is 14.2. The number of hydrogen-bond acceptors (Lipinski definition) is 2. The largest absolute Gasteiger partial charge is 0.454 e. The Bertz CT molecular complexity index is 1600. The summed E-state index contributed by atoms with van der Waals surface area (Å²) >= 11 is 0. The van der Waals surface area contributed by atoms with Crippen molar-refractivity contribution in [3.05, 3.63) is 117 Å². The molecule has 1 aliphatic carbocycles. The van der Waals surface area contributed by atoms with Gasteiger partial charge >= 0.3 is 0 Å². The first-order chi connectivity index (χ1) is 22.3. The number of halogens is 6. The van der Waals surface area contributed by atoms with Crippen molar-refractivity contribution in [2.75, 3.05) is 6.79 Å². The molecule has 0 aliphatic heterocycles. The molecule has 0 spiro atoms. The molecule has 1 aliphatic rings. The quantitative estimate of drug-likeness (QED) is 0.0965. The normalized spacial score (nSPS) is 15.6. The van der Waals surface area contributed by atoms with Crippen LogP contribution in [0.5, 0.6) is 11.5 Å². The van der Waals surface area contributed by atoms with E-state index in [1.165, 1.54) is 56.4 Å². The molecule has 5 rings (SSSR count). The van der Waals surface area contributed by atoms with Gasteiger partial charge in [0.25, 0.3) is 0 Å². The average Bonchev–Trinajstić information content (AvgIpc) is 3.00. The summed E-state index contributed by atoms with van der Waals surface area (Å²) in [6.07, 6.45) is 8.21. The van der Waals surface area contributed by atoms with Crippen molar-refractivity contribution in [2.45, 2.75) is 79.6 Å². The van der Waals surface area contributed by atoms with Gasteiger partial charge in [-0.3, -0.25) is 0 Å². The molecule has 0 heterocycles. The molecule has 0 unspecified atom stereocenters. The number of hydrogen-bond donors (Lipinski definition) is 0. The molecule has 255 valence electrons. The maximum Gasteiger partial charge on any atom is 0.231 e. The Kier molecular flexibility index (Phi) is 15.0. The van der Waals surface area contributed by atoms with Gasteiger partial charge in [0.1, 0.15) is 11.6 Å². The Balaban J connectivity index is 0.000000261. The number of rotatable bonds is 9. The molecule has 0 bridgehead atoms. The Labute approximate surface area is 305 Å². The molecule has 0 aromatic heterocycles. The summed E-state index contributed by atoms with van der Waals surface area (Å²) < 4.78 is 92.2. The maximum atomic E-state index is 14.6. The Morgan fingerprint density at radius 1 is 0.688 bits per heavy atom. The van der Waals surface area contributed by atoms with Crippen molar-refractivity contribution in [1.82, 2.24) is 0 Å². The van der Waals surface area contributed by atoms with Crippen LogP contribution >= 0.6 is 0 Å². The van der Waals surface area contributed by atoms with Crippen LogP contribution < -0.4 is 9.47 Å². The van der Waals surface area contributed by atoms with Gasteiger partial charge in [-0.2, -0.15) is 38.1 Å². The van der Waals surface area contributed by atoms with Crippen LogP contribution in [0.2, 0.25) is 0 Å². The van der Waals surface area contributed by atoms with Crippen LogP contribution in [0, 0.1) is 80.5 Å². The van der Waals surface area contributed by atoms with Gasteiger partial charge in [-0.15, -0.1) is 5.56 Å². The van der Waals surface area contributed by atoms with E-state index >= 15 is 0 Å². The van der Waals surface area contributed by atoms with Gasteiger partial charge in [0.2, 0.25) is 18.4 Å². The molecular weight excluding hydrogens is 703 g/mol. The van der Waals surface area contributed by atoms with E-state index in [9.17, 15) is 26.3 Å². The third-order valence-corrected chi connectivity index (χ3v) is 8.72. The molecule has 0 saturated heterocycles. The van der Waals surface area contributed by atoms with Crippen LogP contribution in [0.1, 0.15) is 73.3 Å². The van der Waals surface area contributed by atoms with Crippen LogP contribution in [0.25, 0.3) is 11.1 Å². The summed E-state index contributed by atoms with van der Waals surface area (Å²) in [5, 5.41) is 0. The monoisotopic (exact) mass is 744 g/mol. The van der Waals surface area contributed by atoms with Gasteiger partial charge in [0.05, 0.1) is 0 Å². The SMILES string of the molecule is Cc1[c-]cc(-c2c(F)cc(CCCC3CCC(C)CC3)cc2F)cc1C.Cc1cc(F)c(F)c(OCOc2cc(C)cc(F)c2F)c1.[Y]. The summed E-state index contributed by atoms with van der Waals surface area (Å²) in [7, 11) is 0. The van der Waals surface area contributed by atoms with Gasteiger partial charge in [-0.1, -0.05) is 52.9 Å². The van der Waals surface area contributed by atoms with E-state index in [1.54, 1.807) is 19.9 Å². The molecule has 1 saturated carbocycles. The molecule has 9 heteroatoms. The Morgan fingerprint density at radius 2 is 1.21 bits per heavy atom. The van der Waals surface area contributed by atoms with Crippen molar-refractivity contribution in [1.29, 1.82) is 0 Å². The van der Waals surface area contributed by atoms with E-state index < -0.39 is 41.7 Å². The zero-order chi connectivity index (χ0) is 34.2. The van der Waals surface area contributed by atoms with Crippen molar-refractivity contribution in [3.63, 3.8) is 0 Å². The zero-order valence-electron chi connectivity index (χ0n) is 28.1. The molecule has 0 N–H and O–H groups in total. The average molecular weight is 745 g/mol. The van der Waals surface area contributed by atoms with E-state index in [-0.39, 0.29) is 49.8 Å². The van der Waals surface area contributed by atoms with E-state index in [0.29, 0.717) is 16.7 Å². The molecule has 4 aromatic carbocycles. The van der Waals surface area contributed by atoms with E-state index in [0.717, 1.165) is 53.5 Å². The van der Waals surface area contributed by atoms with Crippen molar-refractivity contribution < 1.29 is 68.5 Å². The van der Waals surface area contributed by atoms with Gasteiger partial charge in [0, 0.05) is 32.7 Å². The number of benzene rings is 4. The topological polar surface area (TPSA) is 18.5 Å². The minimum atomic E-state index is -1.17. The summed E-state index contributed by atoms with van der Waals surface area (Å²) in [6.45, 7) is 8.75. The smallest absolute Gasteiger partial charge is 0.231 e. The first-order valence-electron chi connectivity index (χ1n) is 16.0. The molecule has 2 nitrogen and oxygen atoms in total. The minimum absolute atomic E-state index is 0. The first-order valence-corrected chi connectivity index (χ1v) is 16.0. The fourth-order valence-electron chi connectivity index (χ4n) is 5.84. The van der Waals surface area contributed by atoms with Crippen LogP contribution in [-0.2, 0) is 39.1 Å². The minimum Gasteiger partial charge on any atom is -0.454 e. The fourth-order valence-corrected chi connectivity index (χ4v) is 5.84. The van der Waals surface area contributed by atoms with E-state index in [4.69, 9.17) is 9.47 Å². The molecule has 4 aromatic rings. The Morgan fingerprint density at radius 3 is 1.71 bits per heavy atom. The number of ether oxygens (including phenoxy) is 2. The number of aryl methyl sites for hydroxylation is 5. The van der Waals surface area contributed by atoms with Crippen molar-refractivity contribution in [2.24, 2.45) is 11.8 Å². The van der Waals surface area contributed by atoms with Crippen LogP contribution in [-0.4, -0.2) is 6.79 Å². The molecule has 1 fully saturated rings. The van der Waals surface area contributed by atoms with Gasteiger partial charge in [-0.25, -0.2) is 17.6 Å². The van der Waals surface area contributed by atoms with Gasteiger partial charge in [0.15, 0.2) is 23.1 Å². The first kappa shape index (κ1) is 39.6. The van der Waals surface area contributed by atoms with Crippen LogP contribution in [0.3, 0.4) is 0 Å². The second-order valence-electron chi connectivity index (χ2n) is 12.7. The van der Waals surface area contributed by atoms with Gasteiger partial charge < -0.3 is 9.47 Å². The van der Waals surface area contributed by atoms with Crippen molar-refractivity contribution >= 4 is 0 Å². The van der Waals surface area contributed by atoms with Crippen molar-refractivity contribution in [3.8, 4) is 22.6 Å². The molecule has 0 atom stereocenters. The van der Waals surface area contributed by atoms with Crippen LogP contribution in [0.15, 0.2) is 48.5 Å². The third kappa shape index (κ3) is 10.8.